The van der Waals surface area contributed by atoms with Gasteiger partial charge in [0.15, 0.2) is 0 Å². The van der Waals surface area contributed by atoms with E-state index in [2.05, 4.69) is 11.1 Å². The van der Waals surface area contributed by atoms with Crippen molar-refractivity contribution in [3.63, 3.8) is 0 Å². The molecule has 1 N–H and O–H groups in total. The molecule has 1 saturated heterocycles. The van der Waals surface area contributed by atoms with Gasteiger partial charge in [-0.15, -0.1) is 0 Å². The number of aromatic nitrogens is 1. The monoisotopic (exact) mass is 343 g/mol. The molecule has 25 heavy (non-hydrogen) atoms. The topological polar surface area (TPSA) is 60.2 Å². The lowest BCUT2D eigenvalue weighted by molar-refractivity contribution is 0.104. The molecular formula is C19H19F2N3O. The summed E-state index contributed by atoms with van der Waals surface area (Å²) in [5.41, 5.74) is 0.310. The number of hydrogen-bond donors (Lipinski definition) is 1. The molecule has 1 aliphatic rings. The number of aliphatic hydroxyl groups excluding tert-OH is 1. The average molecular weight is 343 g/mol. The number of piperidine rings is 1. The maximum absolute atomic E-state index is 14.1. The van der Waals surface area contributed by atoms with Gasteiger partial charge in [-0.1, -0.05) is 6.07 Å². The molecule has 4 nitrogen and oxygen atoms in total. The summed E-state index contributed by atoms with van der Waals surface area (Å²) in [6.45, 7) is 1.07. The van der Waals surface area contributed by atoms with Gasteiger partial charge < -0.3 is 10.0 Å². The fourth-order valence-corrected chi connectivity index (χ4v) is 3.52. The van der Waals surface area contributed by atoms with Gasteiger partial charge >= 0.3 is 0 Å². The number of nitriles is 1. The third-order valence-corrected chi connectivity index (χ3v) is 4.78. The van der Waals surface area contributed by atoms with Gasteiger partial charge in [0.25, 0.3) is 0 Å². The first kappa shape index (κ1) is 17.3. The zero-order valence-corrected chi connectivity index (χ0v) is 13.8. The highest BCUT2D eigenvalue weighted by Gasteiger charge is 2.37. The second-order valence-electron chi connectivity index (χ2n) is 6.58. The maximum Gasteiger partial charge on any atom is 0.146 e. The van der Waals surface area contributed by atoms with Gasteiger partial charge in [0.2, 0.25) is 0 Å². The van der Waals surface area contributed by atoms with Crippen LogP contribution in [0.1, 0.15) is 24.0 Å². The highest BCUT2D eigenvalue weighted by Crippen LogP contribution is 2.36. The number of hydrogen-bond acceptors (Lipinski definition) is 4. The highest BCUT2D eigenvalue weighted by atomic mass is 19.1. The van der Waals surface area contributed by atoms with Crippen molar-refractivity contribution in [3.8, 4) is 6.07 Å². The van der Waals surface area contributed by atoms with Crippen molar-refractivity contribution in [2.45, 2.75) is 19.3 Å². The number of nitrogens with zero attached hydrogens (tertiary/aromatic N) is 3. The first-order chi connectivity index (χ1) is 12.1. The quantitative estimate of drug-likeness (QED) is 0.927. The number of pyridine rings is 1. The van der Waals surface area contributed by atoms with Crippen LogP contribution in [0.2, 0.25) is 0 Å². The molecule has 0 spiro atoms. The van der Waals surface area contributed by atoms with E-state index in [1.807, 2.05) is 4.90 Å². The lowest BCUT2D eigenvalue weighted by Crippen LogP contribution is -2.47. The maximum atomic E-state index is 14.1. The lowest BCUT2D eigenvalue weighted by Gasteiger charge is -2.42. The van der Waals surface area contributed by atoms with Crippen molar-refractivity contribution in [2.24, 2.45) is 5.41 Å². The second-order valence-corrected chi connectivity index (χ2v) is 6.58. The zero-order valence-electron chi connectivity index (χ0n) is 13.8. The minimum absolute atomic E-state index is 0.116. The van der Waals surface area contributed by atoms with Gasteiger partial charge in [-0.25, -0.2) is 13.8 Å². The number of halogens is 2. The smallest absolute Gasteiger partial charge is 0.146 e. The minimum atomic E-state index is -0.614. The van der Waals surface area contributed by atoms with E-state index in [1.54, 1.807) is 18.3 Å². The molecule has 1 atom stereocenters. The molecule has 1 aromatic carbocycles. The molecule has 1 fully saturated rings. The predicted molar refractivity (Wildman–Crippen MR) is 90.0 cm³/mol. The van der Waals surface area contributed by atoms with Crippen molar-refractivity contribution in [3.05, 3.63) is 59.3 Å². The Morgan fingerprint density at radius 3 is 2.88 bits per heavy atom. The number of rotatable bonds is 4. The van der Waals surface area contributed by atoms with Crippen molar-refractivity contribution in [1.82, 2.24) is 4.98 Å². The molecule has 6 heteroatoms. The van der Waals surface area contributed by atoms with Crippen molar-refractivity contribution in [1.29, 1.82) is 5.26 Å². The lowest BCUT2D eigenvalue weighted by atomic mass is 9.75. The molecular weight excluding hydrogens is 324 g/mol. The van der Waals surface area contributed by atoms with Gasteiger partial charge in [-0.2, -0.15) is 5.26 Å². The molecule has 0 saturated carbocycles. The van der Waals surface area contributed by atoms with Crippen LogP contribution >= 0.6 is 0 Å². The van der Waals surface area contributed by atoms with E-state index in [4.69, 9.17) is 0 Å². The SMILES string of the molecule is N#Cc1cccnc1N1CCC[C@@](CO)(Cc2ccc(F)cc2F)C1. The van der Waals surface area contributed by atoms with Crippen molar-refractivity contribution < 1.29 is 13.9 Å². The standard InChI is InChI=1S/C19H19F2N3O/c20-16-5-4-14(17(21)9-16)10-19(13-25)6-2-8-24(12-19)18-15(11-22)3-1-7-23-18/h1,3-5,7,9,25H,2,6,8,10,12-13H2/t19-/m1/s1. The fourth-order valence-electron chi connectivity index (χ4n) is 3.52. The van der Waals surface area contributed by atoms with Crippen LogP contribution in [0.5, 0.6) is 0 Å². The molecule has 0 aliphatic carbocycles. The first-order valence-corrected chi connectivity index (χ1v) is 8.22. The van der Waals surface area contributed by atoms with Gasteiger partial charge in [0.1, 0.15) is 23.5 Å². The summed E-state index contributed by atoms with van der Waals surface area (Å²) in [6, 6.07) is 9.08. The van der Waals surface area contributed by atoms with Crippen molar-refractivity contribution in [2.75, 3.05) is 24.6 Å². The average Bonchev–Trinajstić information content (AvgIpc) is 2.64. The zero-order chi connectivity index (χ0) is 17.9. The number of benzene rings is 1. The highest BCUT2D eigenvalue weighted by molar-refractivity contribution is 5.54. The molecule has 0 unspecified atom stereocenters. The normalized spacial score (nSPS) is 20.3. The van der Waals surface area contributed by atoms with Crippen LogP contribution < -0.4 is 4.90 Å². The van der Waals surface area contributed by atoms with Gasteiger partial charge in [0.05, 0.1) is 12.2 Å². The summed E-state index contributed by atoms with van der Waals surface area (Å²) in [5.74, 6) is -0.626. The van der Waals surface area contributed by atoms with Crippen LogP contribution in [0.4, 0.5) is 14.6 Å². The Labute approximate surface area is 145 Å². The van der Waals surface area contributed by atoms with Crippen LogP contribution in [0.15, 0.2) is 36.5 Å². The molecule has 0 radical (unpaired) electrons. The predicted octanol–water partition coefficient (Wildman–Crippen LogP) is 3.05. The van der Waals surface area contributed by atoms with E-state index < -0.39 is 17.0 Å². The molecule has 1 aromatic heterocycles. The van der Waals surface area contributed by atoms with E-state index in [0.717, 1.165) is 25.5 Å². The van der Waals surface area contributed by atoms with E-state index in [-0.39, 0.29) is 6.61 Å². The van der Waals surface area contributed by atoms with Gasteiger partial charge in [0, 0.05) is 30.8 Å². The Balaban J connectivity index is 1.87. The number of aliphatic hydroxyl groups is 1. The van der Waals surface area contributed by atoms with Crippen LogP contribution in [-0.4, -0.2) is 29.8 Å². The molecule has 2 aromatic rings. The largest absolute Gasteiger partial charge is 0.396 e. The minimum Gasteiger partial charge on any atom is -0.396 e. The summed E-state index contributed by atoms with van der Waals surface area (Å²) in [4.78, 5) is 6.28. The Bertz CT molecular complexity index is 805. The van der Waals surface area contributed by atoms with Crippen molar-refractivity contribution >= 4 is 5.82 Å². The van der Waals surface area contributed by atoms with Crippen LogP contribution in [0.25, 0.3) is 0 Å². The summed E-state index contributed by atoms with van der Waals surface area (Å²) in [5, 5.41) is 19.3. The second kappa shape index (κ2) is 7.16. The van der Waals surface area contributed by atoms with Gasteiger partial charge in [-0.05, 0) is 43.0 Å². The van der Waals surface area contributed by atoms with Crippen LogP contribution in [0, 0.1) is 28.4 Å². The molecule has 0 amide bonds. The molecule has 0 bridgehead atoms. The van der Waals surface area contributed by atoms with E-state index in [1.165, 1.54) is 12.1 Å². The van der Waals surface area contributed by atoms with E-state index in [0.29, 0.717) is 29.9 Å². The Morgan fingerprint density at radius 1 is 1.32 bits per heavy atom. The Kier molecular flexibility index (Phi) is 4.95. The molecule has 130 valence electrons. The van der Waals surface area contributed by atoms with E-state index >= 15 is 0 Å². The summed E-state index contributed by atoms with van der Waals surface area (Å²) in [6.07, 6.45) is 3.46. The van der Waals surface area contributed by atoms with Crippen LogP contribution in [-0.2, 0) is 6.42 Å². The van der Waals surface area contributed by atoms with Crippen LogP contribution in [0.3, 0.4) is 0 Å². The first-order valence-electron chi connectivity index (χ1n) is 8.22. The summed E-state index contributed by atoms with van der Waals surface area (Å²) in [7, 11) is 0. The summed E-state index contributed by atoms with van der Waals surface area (Å²) < 4.78 is 27.2. The fraction of sp³-hybridized carbons (Fsp3) is 0.368. The molecule has 2 heterocycles. The Morgan fingerprint density at radius 2 is 2.16 bits per heavy atom. The third-order valence-electron chi connectivity index (χ3n) is 4.78. The third kappa shape index (κ3) is 3.62. The summed E-state index contributed by atoms with van der Waals surface area (Å²) >= 11 is 0. The molecule has 3 rings (SSSR count). The number of anilines is 1. The Hall–Kier alpha value is -2.52. The van der Waals surface area contributed by atoms with E-state index in [9.17, 15) is 19.1 Å². The molecule has 1 aliphatic heterocycles. The van der Waals surface area contributed by atoms with Gasteiger partial charge in [-0.3, -0.25) is 0 Å².